The van der Waals surface area contributed by atoms with Crippen LogP contribution in [0.15, 0.2) is 36.5 Å². The van der Waals surface area contributed by atoms with Crippen LogP contribution >= 0.6 is 11.5 Å². The number of rotatable bonds is 8. The van der Waals surface area contributed by atoms with Gasteiger partial charge in [0.05, 0.1) is 29.2 Å². The summed E-state index contributed by atoms with van der Waals surface area (Å²) in [6, 6.07) is 8.56. The van der Waals surface area contributed by atoms with Crippen molar-refractivity contribution in [3.63, 3.8) is 0 Å². The van der Waals surface area contributed by atoms with E-state index in [9.17, 15) is 14.4 Å². The van der Waals surface area contributed by atoms with E-state index in [1.54, 1.807) is 13.1 Å². The topological polar surface area (TPSA) is 140 Å². The van der Waals surface area contributed by atoms with Crippen molar-refractivity contribution >= 4 is 51.5 Å². The Kier molecular flexibility index (Phi) is 7.85. The largest absolute Gasteiger partial charge is 0.395 e. The molecule has 1 aromatic carbocycles. The molecule has 2 atom stereocenters. The number of ether oxygens (including phenoxy) is 1. The van der Waals surface area contributed by atoms with Crippen LogP contribution < -0.4 is 21.3 Å². The van der Waals surface area contributed by atoms with Crippen LogP contribution in [0.1, 0.15) is 65.6 Å². The maximum absolute atomic E-state index is 13.9. The lowest BCUT2D eigenvalue weighted by Crippen LogP contribution is -2.49. The monoisotopic (exact) mass is 536 g/mol. The second-order valence-electron chi connectivity index (χ2n) is 9.85. The highest BCUT2D eigenvalue weighted by Gasteiger charge is 2.33. The van der Waals surface area contributed by atoms with Gasteiger partial charge in [-0.3, -0.25) is 24.3 Å². The molecule has 3 aromatic rings. The van der Waals surface area contributed by atoms with Gasteiger partial charge in [-0.25, -0.2) is 0 Å². The first-order chi connectivity index (χ1) is 18.4. The minimum absolute atomic E-state index is 0.0150. The zero-order valence-corrected chi connectivity index (χ0v) is 22.1. The number of hydrogen-bond acceptors (Lipinski definition) is 8. The van der Waals surface area contributed by atoms with Crippen LogP contribution in [0.25, 0.3) is 10.9 Å². The van der Waals surface area contributed by atoms with E-state index in [0.29, 0.717) is 18.8 Å². The van der Waals surface area contributed by atoms with Crippen LogP contribution in [0.4, 0.5) is 11.4 Å². The number of fused-ring (bicyclic) bond motifs is 1. The summed E-state index contributed by atoms with van der Waals surface area (Å²) in [5, 5.41) is 6.70. The predicted octanol–water partition coefficient (Wildman–Crippen LogP) is 3.28. The van der Waals surface area contributed by atoms with Gasteiger partial charge < -0.3 is 21.1 Å². The van der Waals surface area contributed by atoms with Crippen molar-refractivity contribution in [3.05, 3.63) is 47.1 Å². The highest BCUT2D eigenvalue weighted by atomic mass is 32.1. The molecule has 0 unspecified atom stereocenters. The molecule has 2 fully saturated rings. The lowest BCUT2D eigenvalue weighted by molar-refractivity contribution is -0.122. The van der Waals surface area contributed by atoms with Gasteiger partial charge in [-0.1, -0.05) is 31.0 Å². The Balaban J connectivity index is 1.43. The molecule has 200 valence electrons. The summed E-state index contributed by atoms with van der Waals surface area (Å²) in [5.41, 5.74) is 7.57. The summed E-state index contributed by atoms with van der Waals surface area (Å²) in [5.74, 6) is -1.23. The fourth-order valence-electron chi connectivity index (χ4n) is 5.04. The molecule has 1 saturated heterocycles. The van der Waals surface area contributed by atoms with E-state index < -0.39 is 11.9 Å². The third kappa shape index (κ3) is 5.48. The Morgan fingerprint density at radius 2 is 1.97 bits per heavy atom. The summed E-state index contributed by atoms with van der Waals surface area (Å²) in [6.07, 6.45) is 7.36. The summed E-state index contributed by atoms with van der Waals surface area (Å²) >= 11 is 0.861. The molecule has 0 spiro atoms. The second kappa shape index (κ2) is 11.4. The number of anilines is 2. The molecule has 4 N–H and O–H groups in total. The Morgan fingerprint density at radius 1 is 1.18 bits per heavy atom. The SMILES string of the molecule is C[C@H](C(=O)NC[C@H]1CCCO1)N(C(=O)c1snc(C(=O)NC2CCCC2)c1N)c1cnc2ccccc2c1. The lowest BCUT2D eigenvalue weighted by atomic mass is 10.1. The molecule has 1 aliphatic carbocycles. The van der Waals surface area contributed by atoms with Crippen LogP contribution in [-0.4, -0.2) is 58.4 Å². The number of benzene rings is 1. The minimum Gasteiger partial charge on any atom is -0.395 e. The quantitative estimate of drug-likeness (QED) is 0.401. The molecule has 2 aliphatic rings. The third-order valence-corrected chi connectivity index (χ3v) is 8.05. The average molecular weight is 537 g/mol. The van der Waals surface area contributed by atoms with E-state index in [-0.39, 0.29) is 40.2 Å². The van der Waals surface area contributed by atoms with Crippen molar-refractivity contribution in [2.75, 3.05) is 23.8 Å². The molecule has 0 bridgehead atoms. The first kappa shape index (κ1) is 26.1. The van der Waals surface area contributed by atoms with Gasteiger partial charge in [0.25, 0.3) is 11.8 Å². The van der Waals surface area contributed by atoms with Crippen molar-refractivity contribution in [2.24, 2.45) is 0 Å². The van der Waals surface area contributed by atoms with Crippen molar-refractivity contribution < 1.29 is 19.1 Å². The van der Waals surface area contributed by atoms with E-state index in [1.165, 1.54) is 4.90 Å². The normalized spacial score (nSPS) is 18.4. The Hall–Kier alpha value is -3.57. The van der Waals surface area contributed by atoms with Crippen LogP contribution in [-0.2, 0) is 9.53 Å². The van der Waals surface area contributed by atoms with Crippen molar-refractivity contribution in [1.29, 1.82) is 0 Å². The van der Waals surface area contributed by atoms with E-state index in [2.05, 4.69) is 20.0 Å². The minimum atomic E-state index is -0.885. The number of pyridine rings is 1. The van der Waals surface area contributed by atoms with Gasteiger partial charge in [-0.2, -0.15) is 4.37 Å². The molecule has 10 nitrogen and oxygen atoms in total. The molecule has 5 rings (SSSR count). The number of nitrogens with two attached hydrogens (primary N) is 1. The average Bonchev–Trinajstić information content (AvgIpc) is 3.70. The first-order valence-electron chi connectivity index (χ1n) is 13.1. The maximum atomic E-state index is 13.9. The number of hydrogen-bond donors (Lipinski definition) is 3. The highest BCUT2D eigenvalue weighted by Crippen LogP contribution is 2.29. The van der Waals surface area contributed by atoms with Gasteiger partial charge in [0.2, 0.25) is 5.91 Å². The number of nitrogens with zero attached hydrogens (tertiary/aromatic N) is 3. The maximum Gasteiger partial charge on any atom is 0.273 e. The standard InChI is InChI=1S/C27H32N6O4S/c1-16(25(34)30-15-20-10-6-12-37-20)33(19-13-17-7-2-5-11-21(17)29-14-19)27(36)24-22(28)23(32-38-24)26(35)31-18-8-3-4-9-18/h2,5,7,11,13-14,16,18,20H,3-4,6,8-10,12,15,28H2,1H3,(H,30,34)(H,31,35)/t16-,20-/m1/s1. The Labute approximate surface area is 225 Å². The van der Waals surface area contributed by atoms with Crippen molar-refractivity contribution in [1.82, 2.24) is 20.0 Å². The zero-order chi connectivity index (χ0) is 26.6. The van der Waals surface area contributed by atoms with Gasteiger partial charge in [-0.15, -0.1) is 0 Å². The van der Waals surface area contributed by atoms with Gasteiger partial charge in [0.1, 0.15) is 10.9 Å². The number of amides is 3. The highest BCUT2D eigenvalue weighted by molar-refractivity contribution is 7.09. The molecule has 2 aromatic heterocycles. The van der Waals surface area contributed by atoms with Crippen LogP contribution in [0.2, 0.25) is 0 Å². The summed E-state index contributed by atoms with van der Waals surface area (Å²) in [6.45, 7) is 2.71. The van der Waals surface area contributed by atoms with Gasteiger partial charge in [0, 0.05) is 24.6 Å². The third-order valence-electron chi connectivity index (χ3n) is 7.20. The van der Waals surface area contributed by atoms with E-state index in [0.717, 1.165) is 61.0 Å². The summed E-state index contributed by atoms with van der Waals surface area (Å²) in [4.78, 5) is 46.0. The van der Waals surface area contributed by atoms with E-state index >= 15 is 0 Å². The molecular formula is C27H32N6O4S. The molecule has 38 heavy (non-hydrogen) atoms. The summed E-state index contributed by atoms with van der Waals surface area (Å²) < 4.78 is 9.84. The van der Waals surface area contributed by atoms with Crippen LogP contribution in [0.3, 0.4) is 0 Å². The molecule has 3 amide bonds. The van der Waals surface area contributed by atoms with E-state index in [4.69, 9.17) is 10.5 Å². The number of aromatic nitrogens is 2. The molecule has 0 radical (unpaired) electrons. The number of nitrogen functional groups attached to an aromatic ring is 1. The number of nitrogens with one attached hydrogen (secondary N) is 2. The molecule has 11 heteroatoms. The molecule has 1 saturated carbocycles. The summed E-state index contributed by atoms with van der Waals surface area (Å²) in [7, 11) is 0. The zero-order valence-electron chi connectivity index (χ0n) is 21.3. The van der Waals surface area contributed by atoms with Crippen LogP contribution in [0, 0.1) is 0 Å². The predicted molar refractivity (Wildman–Crippen MR) is 146 cm³/mol. The van der Waals surface area contributed by atoms with Gasteiger partial charge >= 0.3 is 0 Å². The van der Waals surface area contributed by atoms with Crippen molar-refractivity contribution in [3.8, 4) is 0 Å². The fraction of sp³-hybridized carbons (Fsp3) is 0.444. The Morgan fingerprint density at radius 3 is 2.74 bits per heavy atom. The van der Waals surface area contributed by atoms with Gasteiger partial charge in [-0.05, 0) is 56.3 Å². The first-order valence-corrected chi connectivity index (χ1v) is 13.8. The van der Waals surface area contributed by atoms with E-state index in [1.807, 2.05) is 30.3 Å². The number of para-hydroxylation sites is 1. The second-order valence-corrected chi connectivity index (χ2v) is 10.6. The number of carbonyl (C=O) groups is 3. The Bertz CT molecular complexity index is 1330. The van der Waals surface area contributed by atoms with Gasteiger partial charge in [0.15, 0.2) is 5.69 Å². The van der Waals surface area contributed by atoms with Crippen LogP contribution in [0.5, 0.6) is 0 Å². The molecule has 1 aliphatic heterocycles. The molecular weight excluding hydrogens is 504 g/mol. The van der Waals surface area contributed by atoms with Crippen molar-refractivity contribution in [2.45, 2.75) is 63.6 Å². The smallest absolute Gasteiger partial charge is 0.273 e. The number of carbonyl (C=O) groups excluding carboxylic acids is 3. The molecule has 3 heterocycles. The fourth-order valence-corrected chi connectivity index (χ4v) is 5.78. The lowest BCUT2D eigenvalue weighted by Gasteiger charge is -2.28.